The fourth-order valence-electron chi connectivity index (χ4n) is 1.46. The summed E-state index contributed by atoms with van der Waals surface area (Å²) in [6.45, 7) is 1.86. The molecule has 0 saturated heterocycles. The molecule has 0 aliphatic carbocycles. The minimum absolute atomic E-state index is 0.684. The van der Waals surface area contributed by atoms with Gasteiger partial charge in [-0.1, -0.05) is 11.6 Å². The van der Waals surface area contributed by atoms with E-state index in [0.29, 0.717) is 5.02 Å². The molecule has 0 atom stereocenters. The van der Waals surface area contributed by atoms with Gasteiger partial charge in [0.05, 0.1) is 5.02 Å². The van der Waals surface area contributed by atoms with Gasteiger partial charge >= 0.3 is 0 Å². The third-order valence-electron chi connectivity index (χ3n) is 2.17. The molecule has 2 aromatic rings. The van der Waals surface area contributed by atoms with Gasteiger partial charge in [0.25, 0.3) is 0 Å². The first-order valence-corrected chi connectivity index (χ1v) is 4.94. The van der Waals surface area contributed by atoms with Crippen molar-refractivity contribution < 1.29 is 0 Å². The Morgan fingerprint density at radius 2 is 2.43 bits per heavy atom. The quantitative estimate of drug-likeness (QED) is 0.837. The van der Waals surface area contributed by atoms with E-state index >= 15 is 0 Å². The first-order valence-electron chi connectivity index (χ1n) is 4.56. The molecule has 4 heteroatoms. The number of pyridine rings is 1. The Morgan fingerprint density at radius 3 is 3.21 bits per heavy atom. The van der Waals surface area contributed by atoms with E-state index in [1.54, 1.807) is 6.20 Å². The number of halogens is 1. The molecular formula is C10H12ClN3. The van der Waals surface area contributed by atoms with E-state index < -0.39 is 0 Å². The van der Waals surface area contributed by atoms with Gasteiger partial charge in [0.15, 0.2) is 0 Å². The molecule has 1 N–H and O–H groups in total. The van der Waals surface area contributed by atoms with Crippen molar-refractivity contribution in [1.82, 2.24) is 14.9 Å². The van der Waals surface area contributed by atoms with Crippen LogP contribution in [0.15, 0.2) is 24.5 Å². The fraction of sp³-hybridized carbons (Fsp3) is 0.300. The number of hydrogen-bond donors (Lipinski definition) is 1. The van der Waals surface area contributed by atoms with Gasteiger partial charge in [-0.05, 0) is 19.2 Å². The van der Waals surface area contributed by atoms with Gasteiger partial charge in [0, 0.05) is 30.9 Å². The molecule has 0 radical (unpaired) electrons. The van der Waals surface area contributed by atoms with Crippen molar-refractivity contribution in [3.05, 3.63) is 29.5 Å². The Bertz CT molecular complexity index is 436. The number of nitrogens with zero attached hydrogens (tertiary/aromatic N) is 2. The van der Waals surface area contributed by atoms with Crippen LogP contribution in [-0.4, -0.2) is 23.1 Å². The van der Waals surface area contributed by atoms with Crippen LogP contribution in [0.4, 0.5) is 0 Å². The Hall–Kier alpha value is -1.06. The topological polar surface area (TPSA) is 29.9 Å². The molecule has 2 heterocycles. The molecule has 0 aliphatic heterocycles. The lowest BCUT2D eigenvalue weighted by Crippen LogP contribution is -2.14. The van der Waals surface area contributed by atoms with Gasteiger partial charge in [0.2, 0.25) is 0 Å². The molecule has 0 unspecified atom stereocenters. The summed E-state index contributed by atoms with van der Waals surface area (Å²) in [7, 11) is 1.94. The van der Waals surface area contributed by atoms with Gasteiger partial charge < -0.3 is 9.88 Å². The Morgan fingerprint density at radius 1 is 1.57 bits per heavy atom. The minimum Gasteiger partial charge on any atom is -0.331 e. The standard InChI is InChI=1S/C10H12ClN3/c1-12-3-5-14-4-2-8-6-9(11)7-13-10(8)14/h2,4,6-7,12H,3,5H2,1H3. The largest absolute Gasteiger partial charge is 0.331 e. The van der Waals surface area contributed by atoms with E-state index in [1.165, 1.54) is 0 Å². The highest BCUT2D eigenvalue weighted by atomic mass is 35.5. The lowest BCUT2D eigenvalue weighted by molar-refractivity contribution is 0.658. The van der Waals surface area contributed by atoms with Gasteiger partial charge in [-0.25, -0.2) is 4.98 Å². The molecule has 0 amide bonds. The van der Waals surface area contributed by atoms with E-state index in [2.05, 4.69) is 14.9 Å². The summed E-state index contributed by atoms with van der Waals surface area (Å²) >= 11 is 5.85. The third kappa shape index (κ3) is 1.74. The number of aromatic nitrogens is 2. The maximum absolute atomic E-state index is 5.85. The van der Waals surface area contributed by atoms with Crippen LogP contribution < -0.4 is 5.32 Å². The van der Waals surface area contributed by atoms with Crippen LogP contribution in [0, 0.1) is 0 Å². The van der Waals surface area contributed by atoms with E-state index in [-0.39, 0.29) is 0 Å². The number of hydrogen-bond acceptors (Lipinski definition) is 2. The average Bonchev–Trinajstić information content (AvgIpc) is 2.57. The zero-order valence-corrected chi connectivity index (χ0v) is 8.75. The molecule has 0 aromatic carbocycles. The van der Waals surface area contributed by atoms with Gasteiger partial charge in [-0.3, -0.25) is 0 Å². The lowest BCUT2D eigenvalue weighted by atomic mass is 10.3. The van der Waals surface area contributed by atoms with E-state index in [9.17, 15) is 0 Å². The van der Waals surface area contributed by atoms with Crippen molar-refractivity contribution in [2.24, 2.45) is 0 Å². The molecule has 3 nitrogen and oxygen atoms in total. The van der Waals surface area contributed by atoms with E-state index in [0.717, 1.165) is 24.1 Å². The molecule has 2 aromatic heterocycles. The summed E-state index contributed by atoms with van der Waals surface area (Å²) in [5, 5.41) is 4.88. The maximum Gasteiger partial charge on any atom is 0.139 e. The summed E-state index contributed by atoms with van der Waals surface area (Å²) in [4.78, 5) is 4.30. The van der Waals surface area contributed by atoms with Crippen LogP contribution in [-0.2, 0) is 6.54 Å². The Kier molecular flexibility index (Phi) is 2.70. The monoisotopic (exact) mass is 209 g/mol. The lowest BCUT2D eigenvalue weighted by Gasteiger charge is -2.03. The fourth-order valence-corrected chi connectivity index (χ4v) is 1.63. The molecule has 0 saturated carbocycles. The molecule has 74 valence electrons. The molecule has 0 aliphatic rings. The SMILES string of the molecule is CNCCn1ccc2cc(Cl)cnc21. The number of likely N-dealkylation sites (N-methyl/N-ethyl adjacent to an activating group) is 1. The van der Waals surface area contributed by atoms with Crippen molar-refractivity contribution in [3.8, 4) is 0 Å². The average molecular weight is 210 g/mol. The maximum atomic E-state index is 5.85. The van der Waals surface area contributed by atoms with Crippen LogP contribution in [0.25, 0.3) is 11.0 Å². The number of nitrogens with one attached hydrogen (secondary N) is 1. The van der Waals surface area contributed by atoms with Crippen molar-refractivity contribution in [2.45, 2.75) is 6.54 Å². The second-order valence-corrected chi connectivity index (χ2v) is 3.62. The van der Waals surface area contributed by atoms with Crippen LogP contribution >= 0.6 is 11.6 Å². The number of rotatable bonds is 3. The van der Waals surface area contributed by atoms with Gasteiger partial charge in [0.1, 0.15) is 5.65 Å². The highest BCUT2D eigenvalue weighted by Gasteiger charge is 2.01. The summed E-state index contributed by atoms with van der Waals surface area (Å²) in [6, 6.07) is 3.96. The van der Waals surface area contributed by atoms with Crippen molar-refractivity contribution in [2.75, 3.05) is 13.6 Å². The summed E-state index contributed by atoms with van der Waals surface area (Å²) in [5.74, 6) is 0. The molecule has 14 heavy (non-hydrogen) atoms. The van der Waals surface area contributed by atoms with E-state index in [4.69, 9.17) is 11.6 Å². The van der Waals surface area contributed by atoms with Crippen molar-refractivity contribution in [1.29, 1.82) is 0 Å². The molecule has 0 bridgehead atoms. The Labute approximate surface area is 87.7 Å². The molecular weight excluding hydrogens is 198 g/mol. The Balaban J connectivity index is 2.37. The summed E-state index contributed by atoms with van der Waals surface area (Å²) in [5.41, 5.74) is 0.990. The van der Waals surface area contributed by atoms with Crippen LogP contribution in [0.5, 0.6) is 0 Å². The van der Waals surface area contributed by atoms with Crippen LogP contribution in [0.3, 0.4) is 0 Å². The minimum atomic E-state index is 0.684. The first-order chi connectivity index (χ1) is 6.81. The van der Waals surface area contributed by atoms with Gasteiger partial charge in [-0.2, -0.15) is 0 Å². The molecule has 2 rings (SSSR count). The predicted molar refractivity (Wildman–Crippen MR) is 58.7 cm³/mol. The summed E-state index contributed by atoms with van der Waals surface area (Å²) < 4.78 is 2.11. The zero-order chi connectivity index (χ0) is 9.97. The second-order valence-electron chi connectivity index (χ2n) is 3.18. The van der Waals surface area contributed by atoms with Gasteiger partial charge in [-0.15, -0.1) is 0 Å². The van der Waals surface area contributed by atoms with Crippen molar-refractivity contribution in [3.63, 3.8) is 0 Å². The highest BCUT2D eigenvalue weighted by molar-refractivity contribution is 6.31. The third-order valence-corrected chi connectivity index (χ3v) is 2.38. The number of fused-ring (bicyclic) bond motifs is 1. The molecule has 0 fully saturated rings. The van der Waals surface area contributed by atoms with Crippen molar-refractivity contribution >= 4 is 22.6 Å². The second kappa shape index (κ2) is 3.98. The predicted octanol–water partition coefficient (Wildman–Crippen LogP) is 1.91. The summed E-state index contributed by atoms with van der Waals surface area (Å²) in [6.07, 6.45) is 3.71. The normalized spacial score (nSPS) is 11.0. The smallest absolute Gasteiger partial charge is 0.139 e. The molecule has 0 spiro atoms. The van der Waals surface area contributed by atoms with Crippen LogP contribution in [0.1, 0.15) is 0 Å². The van der Waals surface area contributed by atoms with Crippen LogP contribution in [0.2, 0.25) is 5.02 Å². The van der Waals surface area contributed by atoms with E-state index in [1.807, 2.05) is 25.4 Å². The highest BCUT2D eigenvalue weighted by Crippen LogP contribution is 2.17. The first kappa shape index (κ1) is 9.49. The zero-order valence-electron chi connectivity index (χ0n) is 8.00.